The summed E-state index contributed by atoms with van der Waals surface area (Å²) < 4.78 is 6.58. The van der Waals surface area contributed by atoms with Gasteiger partial charge in [0, 0.05) is 11.0 Å². The van der Waals surface area contributed by atoms with Gasteiger partial charge >= 0.3 is 0 Å². The Morgan fingerprint density at radius 1 is 1.40 bits per heavy atom. The van der Waals surface area contributed by atoms with Gasteiger partial charge in [-0.15, -0.1) is 0 Å². The highest BCUT2D eigenvalue weighted by Gasteiger charge is 2.21. The summed E-state index contributed by atoms with van der Waals surface area (Å²) in [6.45, 7) is 1.41. The molecule has 1 heterocycles. The van der Waals surface area contributed by atoms with E-state index in [2.05, 4.69) is 33.4 Å². The molecule has 15 heavy (non-hydrogen) atoms. The van der Waals surface area contributed by atoms with Crippen molar-refractivity contribution in [2.75, 3.05) is 19.8 Å². The molecular weight excluding hydrogens is 258 g/mol. The highest BCUT2D eigenvalue weighted by Crippen LogP contribution is 2.19. The second kappa shape index (κ2) is 5.07. The first kappa shape index (κ1) is 11.1. The monoisotopic (exact) mass is 271 g/mol. The minimum atomic E-state index is -0.0586. The standard InChI is InChI=1S/C11H14BrNO2/c12-9-3-1-8(2-4-9)11-7-15-10(6-14)5-13-11/h1-4,10-11,13-14H,5-7H2. The molecule has 1 fully saturated rings. The lowest BCUT2D eigenvalue weighted by Gasteiger charge is -2.29. The van der Waals surface area contributed by atoms with E-state index in [-0.39, 0.29) is 18.8 Å². The summed E-state index contributed by atoms with van der Waals surface area (Å²) in [6, 6.07) is 8.43. The summed E-state index contributed by atoms with van der Waals surface area (Å²) in [5, 5.41) is 12.3. The van der Waals surface area contributed by atoms with Crippen molar-refractivity contribution in [3.63, 3.8) is 0 Å². The molecule has 82 valence electrons. The molecule has 0 bridgehead atoms. The fourth-order valence-electron chi connectivity index (χ4n) is 1.65. The fourth-order valence-corrected chi connectivity index (χ4v) is 1.91. The van der Waals surface area contributed by atoms with E-state index < -0.39 is 0 Å². The third-order valence-corrected chi connectivity index (χ3v) is 3.10. The molecule has 1 aliphatic rings. The maximum Gasteiger partial charge on any atom is 0.0930 e. The molecule has 1 aromatic carbocycles. The average Bonchev–Trinajstić information content (AvgIpc) is 2.30. The molecule has 2 unspecified atom stereocenters. The SMILES string of the molecule is OCC1CNC(c2ccc(Br)cc2)CO1. The van der Waals surface area contributed by atoms with Gasteiger partial charge in [0.2, 0.25) is 0 Å². The number of aliphatic hydroxyl groups excluding tert-OH is 1. The predicted molar refractivity (Wildman–Crippen MR) is 61.7 cm³/mol. The van der Waals surface area contributed by atoms with Crippen LogP contribution in [0.3, 0.4) is 0 Å². The lowest BCUT2D eigenvalue weighted by Crippen LogP contribution is -2.42. The molecule has 3 nitrogen and oxygen atoms in total. The Labute approximate surface area is 97.6 Å². The molecule has 0 aliphatic carbocycles. The smallest absolute Gasteiger partial charge is 0.0930 e. The number of aliphatic hydroxyl groups is 1. The van der Waals surface area contributed by atoms with E-state index in [0.717, 1.165) is 4.47 Å². The van der Waals surface area contributed by atoms with Crippen molar-refractivity contribution in [2.24, 2.45) is 0 Å². The fraction of sp³-hybridized carbons (Fsp3) is 0.455. The molecule has 0 spiro atoms. The second-order valence-corrected chi connectivity index (χ2v) is 4.57. The Bertz CT molecular complexity index is 307. The van der Waals surface area contributed by atoms with Crippen LogP contribution < -0.4 is 5.32 Å². The Hall–Kier alpha value is -0.420. The van der Waals surface area contributed by atoms with E-state index in [4.69, 9.17) is 9.84 Å². The lowest BCUT2D eigenvalue weighted by molar-refractivity contribution is -0.0259. The topological polar surface area (TPSA) is 41.5 Å². The largest absolute Gasteiger partial charge is 0.394 e. The van der Waals surface area contributed by atoms with Crippen LogP contribution in [0.5, 0.6) is 0 Å². The summed E-state index contributed by atoms with van der Waals surface area (Å²) in [5.74, 6) is 0. The van der Waals surface area contributed by atoms with Crippen LogP contribution in [0.1, 0.15) is 11.6 Å². The Morgan fingerprint density at radius 2 is 2.13 bits per heavy atom. The van der Waals surface area contributed by atoms with E-state index >= 15 is 0 Å². The van der Waals surface area contributed by atoms with Gasteiger partial charge in [-0.3, -0.25) is 0 Å². The quantitative estimate of drug-likeness (QED) is 0.856. The highest BCUT2D eigenvalue weighted by atomic mass is 79.9. The van der Waals surface area contributed by atoms with Crippen LogP contribution in [-0.2, 0) is 4.74 Å². The maximum atomic E-state index is 8.91. The van der Waals surface area contributed by atoms with Gasteiger partial charge in [-0.1, -0.05) is 28.1 Å². The normalized spacial score (nSPS) is 26.5. The molecule has 4 heteroatoms. The van der Waals surface area contributed by atoms with Crippen LogP contribution >= 0.6 is 15.9 Å². The zero-order chi connectivity index (χ0) is 10.7. The first-order valence-electron chi connectivity index (χ1n) is 5.01. The number of hydrogen-bond donors (Lipinski definition) is 2. The van der Waals surface area contributed by atoms with Crippen LogP contribution in [0.2, 0.25) is 0 Å². The number of hydrogen-bond acceptors (Lipinski definition) is 3. The van der Waals surface area contributed by atoms with Crippen LogP contribution in [0.25, 0.3) is 0 Å². The molecule has 2 N–H and O–H groups in total. The Morgan fingerprint density at radius 3 is 2.67 bits per heavy atom. The highest BCUT2D eigenvalue weighted by molar-refractivity contribution is 9.10. The van der Waals surface area contributed by atoms with Crippen molar-refractivity contribution in [3.05, 3.63) is 34.3 Å². The van der Waals surface area contributed by atoms with E-state index in [9.17, 15) is 0 Å². The molecule has 2 atom stereocenters. The van der Waals surface area contributed by atoms with Crippen LogP contribution in [-0.4, -0.2) is 31.0 Å². The van der Waals surface area contributed by atoms with E-state index in [1.807, 2.05) is 12.1 Å². The molecule has 0 saturated carbocycles. The van der Waals surface area contributed by atoms with Crippen molar-refractivity contribution in [3.8, 4) is 0 Å². The van der Waals surface area contributed by atoms with Crippen LogP contribution in [0, 0.1) is 0 Å². The third-order valence-electron chi connectivity index (χ3n) is 2.57. The number of rotatable bonds is 2. The lowest BCUT2D eigenvalue weighted by atomic mass is 10.1. The summed E-state index contributed by atoms with van der Waals surface area (Å²) in [5.41, 5.74) is 1.22. The maximum absolute atomic E-state index is 8.91. The molecule has 2 rings (SSSR count). The van der Waals surface area contributed by atoms with Gasteiger partial charge in [-0.05, 0) is 17.7 Å². The Kier molecular flexibility index (Phi) is 3.75. The molecule has 1 aliphatic heterocycles. The van der Waals surface area contributed by atoms with Gasteiger partial charge in [0.25, 0.3) is 0 Å². The number of halogens is 1. The summed E-state index contributed by atoms with van der Waals surface area (Å²) in [7, 11) is 0. The summed E-state index contributed by atoms with van der Waals surface area (Å²) >= 11 is 3.41. The first-order chi connectivity index (χ1) is 7.29. The molecular formula is C11H14BrNO2. The molecule has 0 amide bonds. The van der Waals surface area contributed by atoms with Gasteiger partial charge in [0.15, 0.2) is 0 Å². The van der Waals surface area contributed by atoms with E-state index in [0.29, 0.717) is 13.2 Å². The van der Waals surface area contributed by atoms with Gasteiger partial charge in [0.1, 0.15) is 0 Å². The molecule has 0 radical (unpaired) electrons. The average molecular weight is 272 g/mol. The van der Waals surface area contributed by atoms with Gasteiger partial charge in [0.05, 0.1) is 25.4 Å². The zero-order valence-electron chi connectivity index (χ0n) is 8.32. The number of benzene rings is 1. The Balaban J connectivity index is 1.98. The summed E-state index contributed by atoms with van der Waals surface area (Å²) in [6.07, 6.45) is -0.0586. The summed E-state index contributed by atoms with van der Waals surface area (Å²) in [4.78, 5) is 0. The van der Waals surface area contributed by atoms with Crippen LogP contribution in [0.15, 0.2) is 28.7 Å². The second-order valence-electron chi connectivity index (χ2n) is 3.65. The van der Waals surface area contributed by atoms with Gasteiger partial charge in [-0.2, -0.15) is 0 Å². The molecule has 0 aromatic heterocycles. The number of morpholine rings is 1. The van der Waals surface area contributed by atoms with E-state index in [1.165, 1.54) is 5.56 Å². The third kappa shape index (κ3) is 2.78. The van der Waals surface area contributed by atoms with Gasteiger partial charge < -0.3 is 15.2 Å². The van der Waals surface area contributed by atoms with E-state index in [1.54, 1.807) is 0 Å². The van der Waals surface area contributed by atoms with Crippen LogP contribution in [0.4, 0.5) is 0 Å². The van der Waals surface area contributed by atoms with Crippen molar-refractivity contribution < 1.29 is 9.84 Å². The van der Waals surface area contributed by atoms with Crippen molar-refractivity contribution in [1.82, 2.24) is 5.32 Å². The number of ether oxygens (including phenoxy) is 1. The minimum absolute atomic E-state index is 0.0586. The van der Waals surface area contributed by atoms with Crippen molar-refractivity contribution in [2.45, 2.75) is 12.1 Å². The van der Waals surface area contributed by atoms with Crippen molar-refractivity contribution in [1.29, 1.82) is 0 Å². The zero-order valence-corrected chi connectivity index (χ0v) is 9.90. The molecule has 1 saturated heterocycles. The van der Waals surface area contributed by atoms with Gasteiger partial charge in [-0.25, -0.2) is 0 Å². The predicted octanol–water partition coefficient (Wildman–Crippen LogP) is 1.47. The number of nitrogens with one attached hydrogen (secondary N) is 1. The molecule has 1 aromatic rings. The minimum Gasteiger partial charge on any atom is -0.394 e. The van der Waals surface area contributed by atoms with Crippen molar-refractivity contribution >= 4 is 15.9 Å². The first-order valence-corrected chi connectivity index (χ1v) is 5.80.